The highest BCUT2D eigenvalue weighted by Gasteiger charge is 2.06. The van der Waals surface area contributed by atoms with E-state index in [0.29, 0.717) is 9.32 Å². The van der Waals surface area contributed by atoms with Gasteiger partial charge in [-0.2, -0.15) is 0 Å². The van der Waals surface area contributed by atoms with Crippen LogP contribution >= 0.6 is 22.6 Å². The van der Waals surface area contributed by atoms with Gasteiger partial charge in [0, 0.05) is 6.07 Å². The van der Waals surface area contributed by atoms with E-state index in [2.05, 4.69) is 0 Å². The molecule has 0 radical (unpaired) electrons. The van der Waals surface area contributed by atoms with E-state index in [9.17, 15) is 8.78 Å². The summed E-state index contributed by atoms with van der Waals surface area (Å²) in [6.07, 6.45) is 0. The zero-order valence-corrected chi connectivity index (χ0v) is 7.85. The molecule has 0 bridgehead atoms. The number of hydrogen-bond acceptors (Lipinski definition) is 1. The van der Waals surface area contributed by atoms with Crippen LogP contribution in [-0.2, 0) is 0 Å². The molecule has 1 aromatic rings. The van der Waals surface area contributed by atoms with Crippen molar-refractivity contribution in [1.29, 1.82) is 0 Å². The highest BCUT2D eigenvalue weighted by molar-refractivity contribution is 14.1. The van der Waals surface area contributed by atoms with Crippen molar-refractivity contribution < 1.29 is 13.5 Å². The maximum absolute atomic E-state index is 12.5. The van der Waals surface area contributed by atoms with Crippen molar-refractivity contribution in [1.82, 2.24) is 0 Å². The Morgan fingerprint density at radius 2 is 1.82 bits per heavy atom. The van der Waals surface area contributed by atoms with Gasteiger partial charge in [0.15, 0.2) is 11.6 Å². The number of ether oxygens (including phenoxy) is 1. The van der Waals surface area contributed by atoms with Crippen molar-refractivity contribution in [3.63, 3.8) is 0 Å². The predicted molar refractivity (Wildman–Crippen MR) is 45.6 cm³/mol. The molecule has 0 aromatic heterocycles. The molecule has 1 aromatic carbocycles. The molecule has 1 nitrogen and oxygen atoms in total. The molecular formula is C7H5F2IO. The lowest BCUT2D eigenvalue weighted by Crippen LogP contribution is -1.91. The molecule has 0 amide bonds. The minimum absolute atomic E-state index is 0.351. The third-order valence-electron chi connectivity index (χ3n) is 1.19. The van der Waals surface area contributed by atoms with Crippen molar-refractivity contribution in [3.8, 4) is 5.75 Å². The SMILES string of the molecule is COc1cc(F)c(F)cc1I. The van der Waals surface area contributed by atoms with Crippen molar-refractivity contribution in [2.24, 2.45) is 0 Å². The molecule has 0 spiro atoms. The van der Waals surface area contributed by atoms with Crippen LogP contribution in [0.5, 0.6) is 5.75 Å². The van der Waals surface area contributed by atoms with Crippen LogP contribution in [0.1, 0.15) is 0 Å². The Hall–Kier alpha value is -0.390. The van der Waals surface area contributed by atoms with Gasteiger partial charge in [-0.05, 0) is 28.7 Å². The molecule has 11 heavy (non-hydrogen) atoms. The van der Waals surface area contributed by atoms with E-state index >= 15 is 0 Å². The lowest BCUT2D eigenvalue weighted by Gasteiger charge is -2.02. The second-order valence-corrected chi connectivity index (χ2v) is 3.06. The fourth-order valence-corrected chi connectivity index (χ4v) is 1.31. The summed E-state index contributed by atoms with van der Waals surface area (Å²) in [4.78, 5) is 0. The summed E-state index contributed by atoms with van der Waals surface area (Å²) < 4.78 is 30.3. The van der Waals surface area contributed by atoms with Gasteiger partial charge in [-0.15, -0.1) is 0 Å². The van der Waals surface area contributed by atoms with E-state index in [1.807, 2.05) is 22.6 Å². The van der Waals surface area contributed by atoms with E-state index in [1.165, 1.54) is 7.11 Å². The van der Waals surface area contributed by atoms with Crippen LogP contribution in [0.25, 0.3) is 0 Å². The third-order valence-corrected chi connectivity index (χ3v) is 2.04. The van der Waals surface area contributed by atoms with E-state index in [-0.39, 0.29) is 0 Å². The molecule has 0 unspecified atom stereocenters. The molecule has 0 atom stereocenters. The summed E-state index contributed by atoms with van der Waals surface area (Å²) in [5, 5.41) is 0. The van der Waals surface area contributed by atoms with Gasteiger partial charge in [0.2, 0.25) is 0 Å². The Labute approximate surface area is 76.5 Å². The number of halogens is 3. The normalized spacial score (nSPS) is 9.82. The van der Waals surface area contributed by atoms with Gasteiger partial charge in [0.1, 0.15) is 5.75 Å². The number of hydrogen-bond donors (Lipinski definition) is 0. The van der Waals surface area contributed by atoms with E-state index in [4.69, 9.17) is 4.74 Å². The smallest absolute Gasteiger partial charge is 0.162 e. The minimum atomic E-state index is -0.887. The average Bonchev–Trinajstić information content (AvgIpc) is 1.97. The van der Waals surface area contributed by atoms with Gasteiger partial charge in [-0.25, -0.2) is 8.78 Å². The van der Waals surface area contributed by atoms with E-state index in [1.54, 1.807) is 0 Å². The molecule has 0 heterocycles. The van der Waals surface area contributed by atoms with Crippen LogP contribution in [-0.4, -0.2) is 7.11 Å². The maximum Gasteiger partial charge on any atom is 0.162 e. The quantitative estimate of drug-likeness (QED) is 0.563. The molecular weight excluding hydrogens is 265 g/mol. The molecule has 0 fully saturated rings. The monoisotopic (exact) mass is 270 g/mol. The molecule has 0 N–H and O–H groups in total. The third kappa shape index (κ3) is 1.79. The summed E-state index contributed by atoms with van der Waals surface area (Å²) in [5.41, 5.74) is 0. The first kappa shape index (κ1) is 8.70. The Bertz CT molecular complexity index is 275. The topological polar surface area (TPSA) is 9.23 Å². The maximum atomic E-state index is 12.5. The summed E-state index contributed by atoms with van der Waals surface area (Å²) in [5.74, 6) is -1.39. The largest absolute Gasteiger partial charge is 0.496 e. The van der Waals surface area contributed by atoms with E-state index < -0.39 is 11.6 Å². The van der Waals surface area contributed by atoms with Crippen molar-refractivity contribution >= 4 is 22.6 Å². The van der Waals surface area contributed by atoms with Crippen LogP contribution < -0.4 is 4.74 Å². The summed E-state index contributed by atoms with van der Waals surface area (Å²) in [6.45, 7) is 0. The first-order valence-corrected chi connectivity index (χ1v) is 3.91. The van der Waals surface area contributed by atoms with Crippen LogP contribution in [0.4, 0.5) is 8.78 Å². The molecule has 4 heteroatoms. The van der Waals surface area contributed by atoms with Crippen LogP contribution in [0.15, 0.2) is 12.1 Å². The van der Waals surface area contributed by atoms with Crippen molar-refractivity contribution in [2.75, 3.05) is 7.11 Å². The van der Waals surface area contributed by atoms with E-state index in [0.717, 1.165) is 12.1 Å². The zero-order chi connectivity index (χ0) is 8.43. The predicted octanol–water partition coefficient (Wildman–Crippen LogP) is 2.58. The summed E-state index contributed by atoms with van der Waals surface area (Å²) >= 11 is 1.87. The fraction of sp³-hybridized carbons (Fsp3) is 0.143. The lowest BCUT2D eigenvalue weighted by atomic mass is 10.3. The van der Waals surface area contributed by atoms with Gasteiger partial charge in [0.05, 0.1) is 10.7 Å². The van der Waals surface area contributed by atoms with Gasteiger partial charge in [-0.3, -0.25) is 0 Å². The van der Waals surface area contributed by atoms with Gasteiger partial charge in [-0.1, -0.05) is 0 Å². The molecule has 0 aliphatic rings. The highest BCUT2D eigenvalue weighted by atomic mass is 127. The zero-order valence-electron chi connectivity index (χ0n) is 5.70. The summed E-state index contributed by atoms with van der Waals surface area (Å²) in [7, 11) is 1.41. The van der Waals surface area contributed by atoms with Crippen molar-refractivity contribution in [2.45, 2.75) is 0 Å². The van der Waals surface area contributed by atoms with Crippen molar-refractivity contribution in [3.05, 3.63) is 27.3 Å². The Kier molecular flexibility index (Phi) is 2.64. The molecule has 1 rings (SSSR count). The van der Waals surface area contributed by atoms with Crippen LogP contribution in [0.3, 0.4) is 0 Å². The first-order valence-electron chi connectivity index (χ1n) is 2.83. The Morgan fingerprint density at radius 1 is 1.27 bits per heavy atom. The molecule has 0 saturated carbocycles. The number of methoxy groups -OCH3 is 1. The Balaban J connectivity index is 3.21. The second kappa shape index (κ2) is 3.34. The summed E-state index contributed by atoms with van der Waals surface area (Å²) in [6, 6.07) is 2.12. The van der Waals surface area contributed by atoms with Gasteiger partial charge >= 0.3 is 0 Å². The first-order chi connectivity index (χ1) is 5.15. The average molecular weight is 270 g/mol. The molecule has 0 aliphatic heterocycles. The van der Waals surface area contributed by atoms with Gasteiger partial charge < -0.3 is 4.74 Å². The van der Waals surface area contributed by atoms with Gasteiger partial charge in [0.25, 0.3) is 0 Å². The highest BCUT2D eigenvalue weighted by Crippen LogP contribution is 2.23. The van der Waals surface area contributed by atoms with Crippen LogP contribution in [0.2, 0.25) is 0 Å². The molecule has 0 aliphatic carbocycles. The van der Waals surface area contributed by atoms with Crippen LogP contribution in [0, 0.1) is 15.2 Å². The lowest BCUT2D eigenvalue weighted by molar-refractivity contribution is 0.403. The number of benzene rings is 1. The number of rotatable bonds is 1. The Morgan fingerprint density at radius 3 is 2.36 bits per heavy atom. The standard InChI is InChI=1S/C7H5F2IO/c1-11-7-3-5(9)4(8)2-6(7)10/h2-3H,1H3. The fourth-order valence-electron chi connectivity index (χ4n) is 0.661. The minimum Gasteiger partial charge on any atom is -0.496 e. The molecule has 60 valence electrons. The molecule has 0 saturated heterocycles. The second-order valence-electron chi connectivity index (χ2n) is 1.90.